The molecule has 1 N–H and O–H groups in total. The van der Waals surface area contributed by atoms with Crippen LogP contribution in [0.2, 0.25) is 0 Å². The monoisotopic (exact) mass is 245 g/mol. The predicted octanol–water partition coefficient (Wildman–Crippen LogP) is 2.12. The zero-order valence-electron chi connectivity index (χ0n) is 9.90. The van der Waals surface area contributed by atoms with E-state index in [1.54, 1.807) is 0 Å². The molecule has 1 aromatic carbocycles. The lowest BCUT2D eigenvalue weighted by molar-refractivity contribution is -0.116. The molecule has 0 bridgehead atoms. The fourth-order valence-electron chi connectivity index (χ4n) is 1.73. The van der Waals surface area contributed by atoms with Crippen molar-refractivity contribution in [3.05, 3.63) is 29.6 Å². The Hall–Kier alpha value is -2.22. The molecule has 2 rings (SSSR count). The molecule has 1 heterocycles. The van der Waals surface area contributed by atoms with Crippen LogP contribution in [0.1, 0.15) is 18.9 Å². The van der Waals surface area contributed by atoms with Gasteiger partial charge in [0.1, 0.15) is 5.82 Å². The van der Waals surface area contributed by atoms with Crippen LogP contribution in [-0.4, -0.2) is 18.2 Å². The Balaban J connectivity index is 2.22. The maximum absolute atomic E-state index is 13.6. The Morgan fingerprint density at radius 3 is 3.00 bits per heavy atom. The fourth-order valence-corrected chi connectivity index (χ4v) is 1.73. The number of carbonyl (C=O) groups is 1. The number of nitriles is 1. The summed E-state index contributed by atoms with van der Waals surface area (Å²) in [7, 11) is 0. The Morgan fingerprint density at radius 1 is 1.56 bits per heavy atom. The molecule has 0 saturated heterocycles. The van der Waals surface area contributed by atoms with Gasteiger partial charge in [-0.15, -0.1) is 0 Å². The molecule has 4 nitrogen and oxygen atoms in total. The van der Waals surface area contributed by atoms with Crippen LogP contribution in [0.3, 0.4) is 0 Å². The number of hydrogen-bond donors (Lipinski definition) is 1. The number of halogens is 1. The molecule has 1 aliphatic rings. The van der Waals surface area contributed by atoms with Crippen LogP contribution in [0.4, 0.5) is 10.1 Å². The number of Topliss-reactive ketones (excluding diaryl/α,β-unsaturated/α-hetero) is 1. The van der Waals surface area contributed by atoms with E-state index in [4.69, 9.17) is 5.26 Å². The molecule has 0 amide bonds. The van der Waals surface area contributed by atoms with E-state index in [9.17, 15) is 9.18 Å². The highest BCUT2D eigenvalue weighted by molar-refractivity contribution is 6.44. The van der Waals surface area contributed by atoms with Gasteiger partial charge < -0.3 is 5.32 Å². The summed E-state index contributed by atoms with van der Waals surface area (Å²) in [5.74, 6) is -0.573. The van der Waals surface area contributed by atoms with Crippen molar-refractivity contribution in [2.75, 3.05) is 11.9 Å². The van der Waals surface area contributed by atoms with Gasteiger partial charge in [0.25, 0.3) is 0 Å². The van der Waals surface area contributed by atoms with Gasteiger partial charge in [-0.05, 0) is 24.6 Å². The number of ketones is 1. The average molecular weight is 245 g/mol. The van der Waals surface area contributed by atoms with Gasteiger partial charge in [0.05, 0.1) is 17.3 Å². The maximum Gasteiger partial charge on any atom is 0.200 e. The highest BCUT2D eigenvalue weighted by Gasteiger charge is 2.23. The molecule has 0 spiro atoms. The highest BCUT2D eigenvalue weighted by Crippen LogP contribution is 2.18. The third kappa shape index (κ3) is 2.38. The summed E-state index contributed by atoms with van der Waals surface area (Å²) in [5, 5.41) is 11.3. The normalized spacial score (nSPS) is 19.1. The number of nitrogens with zero attached hydrogens (tertiary/aromatic N) is 2. The number of amidine groups is 1. The zero-order valence-corrected chi connectivity index (χ0v) is 9.90. The smallest absolute Gasteiger partial charge is 0.200 e. The number of rotatable bonds is 1. The van der Waals surface area contributed by atoms with E-state index in [1.165, 1.54) is 12.1 Å². The predicted molar refractivity (Wildman–Crippen MR) is 65.8 cm³/mol. The number of benzene rings is 1. The molecule has 0 fully saturated rings. The van der Waals surface area contributed by atoms with Crippen LogP contribution in [0.15, 0.2) is 23.2 Å². The molecule has 1 aromatic rings. The minimum Gasteiger partial charge on any atom is -0.335 e. The van der Waals surface area contributed by atoms with Crippen LogP contribution in [0.5, 0.6) is 0 Å². The van der Waals surface area contributed by atoms with Crippen molar-refractivity contribution in [1.82, 2.24) is 0 Å². The van der Waals surface area contributed by atoms with Crippen molar-refractivity contribution in [2.45, 2.75) is 13.3 Å². The van der Waals surface area contributed by atoms with E-state index in [0.717, 1.165) is 12.5 Å². The van der Waals surface area contributed by atoms with Crippen LogP contribution < -0.4 is 5.32 Å². The highest BCUT2D eigenvalue weighted by atomic mass is 19.1. The number of aliphatic imine (C=N–C) groups is 1. The summed E-state index contributed by atoms with van der Waals surface area (Å²) in [5.41, 5.74) is 0.401. The van der Waals surface area contributed by atoms with Gasteiger partial charge in [-0.2, -0.15) is 5.26 Å². The third-order valence-corrected chi connectivity index (χ3v) is 2.86. The molecule has 0 aromatic heterocycles. The largest absolute Gasteiger partial charge is 0.335 e. The molecule has 1 aliphatic heterocycles. The Bertz CT molecular complexity index is 560. The first-order valence-corrected chi connectivity index (χ1v) is 5.67. The van der Waals surface area contributed by atoms with Crippen LogP contribution in [-0.2, 0) is 4.79 Å². The van der Waals surface area contributed by atoms with Gasteiger partial charge in [0.2, 0.25) is 5.78 Å². The lowest BCUT2D eigenvalue weighted by Gasteiger charge is -2.18. The first-order valence-electron chi connectivity index (χ1n) is 5.67. The van der Waals surface area contributed by atoms with Crippen molar-refractivity contribution in [2.24, 2.45) is 10.9 Å². The van der Waals surface area contributed by atoms with Gasteiger partial charge in [-0.1, -0.05) is 6.92 Å². The van der Waals surface area contributed by atoms with Gasteiger partial charge in [0, 0.05) is 12.5 Å². The summed E-state index contributed by atoms with van der Waals surface area (Å²) in [4.78, 5) is 15.9. The molecule has 0 saturated carbocycles. The molecule has 5 heteroatoms. The van der Waals surface area contributed by atoms with Gasteiger partial charge in [0.15, 0.2) is 5.84 Å². The Morgan fingerprint density at radius 2 is 2.33 bits per heavy atom. The maximum atomic E-state index is 13.6. The summed E-state index contributed by atoms with van der Waals surface area (Å²) in [6.07, 6.45) is 0.722. The van der Waals surface area contributed by atoms with Gasteiger partial charge >= 0.3 is 0 Å². The topological polar surface area (TPSA) is 65.2 Å². The van der Waals surface area contributed by atoms with Crippen molar-refractivity contribution >= 4 is 17.3 Å². The van der Waals surface area contributed by atoms with E-state index in [-0.39, 0.29) is 28.8 Å². The number of nitrogens with one attached hydrogen (secondary N) is 1. The van der Waals surface area contributed by atoms with E-state index in [0.29, 0.717) is 6.54 Å². The molecular weight excluding hydrogens is 233 g/mol. The van der Waals surface area contributed by atoms with Crippen molar-refractivity contribution in [3.63, 3.8) is 0 Å². The lowest BCUT2D eigenvalue weighted by Crippen LogP contribution is -2.32. The van der Waals surface area contributed by atoms with E-state index >= 15 is 0 Å². The molecule has 0 aliphatic carbocycles. The first-order chi connectivity index (χ1) is 8.61. The second kappa shape index (κ2) is 4.96. The summed E-state index contributed by atoms with van der Waals surface area (Å²) < 4.78 is 13.6. The quantitative estimate of drug-likeness (QED) is 0.824. The Kier molecular flexibility index (Phi) is 3.38. The molecule has 1 atom stereocenters. The molecular formula is C13H12FN3O. The van der Waals surface area contributed by atoms with Crippen molar-refractivity contribution in [3.8, 4) is 6.07 Å². The van der Waals surface area contributed by atoms with E-state index in [2.05, 4.69) is 10.3 Å². The van der Waals surface area contributed by atoms with Crippen LogP contribution in [0.25, 0.3) is 0 Å². The minimum absolute atomic E-state index is 0.0913. The number of hydrogen-bond acceptors (Lipinski definition) is 4. The van der Waals surface area contributed by atoms with E-state index < -0.39 is 5.82 Å². The standard InChI is InChI=1S/C13H12FN3O/c1-8-4-5-16-13(12(8)18)17-11-3-2-9(7-15)6-10(11)14/h2-3,6,8H,4-5H2,1H3,(H,16,17). The van der Waals surface area contributed by atoms with Crippen LogP contribution in [0, 0.1) is 23.1 Å². The summed E-state index contributed by atoms with van der Waals surface area (Å²) in [6.45, 7) is 2.39. The molecule has 18 heavy (non-hydrogen) atoms. The van der Waals surface area contributed by atoms with Crippen molar-refractivity contribution < 1.29 is 9.18 Å². The lowest BCUT2D eigenvalue weighted by atomic mass is 9.99. The molecule has 0 radical (unpaired) electrons. The Labute approximate surface area is 104 Å². The van der Waals surface area contributed by atoms with Crippen molar-refractivity contribution in [1.29, 1.82) is 5.26 Å². The SMILES string of the molecule is CC1CCN=C(Nc2ccc(C#N)cc2F)C1=O. The van der Waals surface area contributed by atoms with Gasteiger partial charge in [-0.25, -0.2) is 4.39 Å². The summed E-state index contributed by atoms with van der Waals surface area (Å²) >= 11 is 0. The first kappa shape index (κ1) is 12.2. The van der Waals surface area contributed by atoms with Gasteiger partial charge in [-0.3, -0.25) is 9.79 Å². The van der Waals surface area contributed by atoms with Crippen LogP contribution >= 0.6 is 0 Å². The second-order valence-electron chi connectivity index (χ2n) is 4.22. The molecule has 1 unspecified atom stereocenters. The zero-order chi connectivity index (χ0) is 13.1. The molecule has 92 valence electrons. The average Bonchev–Trinajstić information content (AvgIpc) is 2.37. The minimum atomic E-state index is -0.567. The number of carbonyl (C=O) groups excluding carboxylic acids is 1. The second-order valence-corrected chi connectivity index (χ2v) is 4.22. The van der Waals surface area contributed by atoms with E-state index in [1.807, 2.05) is 13.0 Å². The fraction of sp³-hybridized carbons (Fsp3) is 0.308. The summed E-state index contributed by atoms with van der Waals surface area (Å²) in [6, 6.07) is 5.90. The number of anilines is 1. The third-order valence-electron chi connectivity index (χ3n) is 2.86.